The monoisotopic (exact) mass is 397 g/mol. The van der Waals surface area contributed by atoms with Crippen molar-refractivity contribution in [1.29, 1.82) is 0 Å². The highest BCUT2D eigenvalue weighted by Gasteiger charge is 2.22. The lowest BCUT2D eigenvalue weighted by atomic mass is 10.1. The number of aryl methyl sites for hydroxylation is 1. The van der Waals surface area contributed by atoms with E-state index in [2.05, 4.69) is 4.74 Å². The zero-order chi connectivity index (χ0) is 20.1. The molecule has 1 N–H and O–H groups in total. The van der Waals surface area contributed by atoms with E-state index in [-0.39, 0.29) is 23.2 Å². The van der Waals surface area contributed by atoms with Crippen LogP contribution in [0.4, 0.5) is 8.78 Å². The minimum absolute atomic E-state index is 0.00828. The van der Waals surface area contributed by atoms with Gasteiger partial charge in [0.25, 0.3) is 0 Å². The molecule has 146 valence electrons. The average Bonchev–Trinajstić information content (AvgIpc) is 2.88. The number of aromatic nitrogens is 1. The van der Waals surface area contributed by atoms with Crippen LogP contribution in [0.15, 0.2) is 30.3 Å². The molecule has 8 heteroatoms. The second kappa shape index (κ2) is 9.03. The first-order chi connectivity index (χ1) is 12.7. The topological polar surface area (TPSA) is 68.5 Å². The van der Waals surface area contributed by atoms with Gasteiger partial charge < -0.3 is 14.4 Å². The van der Waals surface area contributed by atoms with Crippen LogP contribution < -0.4 is 4.74 Å². The molecule has 2 rings (SSSR count). The van der Waals surface area contributed by atoms with E-state index in [0.29, 0.717) is 11.3 Å². The molecule has 0 fully saturated rings. The molecule has 2 aromatic rings. The molecule has 1 aromatic heterocycles. The van der Waals surface area contributed by atoms with Crippen LogP contribution in [0.3, 0.4) is 0 Å². The smallest absolute Gasteiger partial charge is 0.387 e. The highest BCUT2D eigenvalue weighted by Crippen LogP contribution is 2.26. The predicted molar refractivity (Wildman–Crippen MR) is 100 cm³/mol. The lowest BCUT2D eigenvalue weighted by molar-refractivity contribution is -0.136. The summed E-state index contributed by atoms with van der Waals surface area (Å²) in [6, 6.07) is 7.99. The number of Topliss-reactive ketones (excluding diaryl/α,β-unsaturated/α-hetero) is 1. The summed E-state index contributed by atoms with van der Waals surface area (Å²) >= 11 is 1.31. The largest absolute Gasteiger partial charge is 0.481 e. The Labute approximate surface area is 160 Å². The number of benzene rings is 1. The van der Waals surface area contributed by atoms with Crippen molar-refractivity contribution in [1.82, 2.24) is 4.57 Å². The number of rotatable bonds is 9. The molecule has 0 amide bonds. The van der Waals surface area contributed by atoms with Gasteiger partial charge in [-0.1, -0.05) is 0 Å². The third-order valence-electron chi connectivity index (χ3n) is 4.07. The third-order valence-corrected chi connectivity index (χ3v) is 5.22. The summed E-state index contributed by atoms with van der Waals surface area (Å²) in [5.74, 6) is -0.523. The van der Waals surface area contributed by atoms with Crippen LogP contribution in [0.2, 0.25) is 0 Å². The molecule has 1 aromatic carbocycles. The van der Waals surface area contributed by atoms with Crippen LogP contribution in [-0.2, 0) is 4.79 Å². The van der Waals surface area contributed by atoms with Gasteiger partial charge in [0.15, 0.2) is 5.78 Å². The average molecular weight is 397 g/mol. The highest BCUT2D eigenvalue weighted by molar-refractivity contribution is 8.00. The zero-order valence-corrected chi connectivity index (χ0v) is 16.1. The van der Waals surface area contributed by atoms with Gasteiger partial charge in [-0.05, 0) is 51.1 Å². The Bertz CT molecular complexity index is 818. The van der Waals surface area contributed by atoms with Gasteiger partial charge in [-0.3, -0.25) is 9.59 Å². The fourth-order valence-electron chi connectivity index (χ4n) is 2.80. The first kappa shape index (κ1) is 21.0. The van der Waals surface area contributed by atoms with Crippen LogP contribution >= 0.6 is 11.8 Å². The van der Waals surface area contributed by atoms with E-state index >= 15 is 0 Å². The predicted octanol–water partition coefficient (Wildman–Crippen LogP) is 4.47. The van der Waals surface area contributed by atoms with Gasteiger partial charge in [0, 0.05) is 28.4 Å². The molecule has 5 nitrogen and oxygen atoms in total. The number of ether oxygens (including phenoxy) is 1. The molecule has 0 aliphatic heterocycles. The number of carboxylic acid groups (broad SMARTS) is 1. The molecule has 1 unspecified atom stereocenters. The number of hydrogen-bond acceptors (Lipinski definition) is 4. The number of carboxylic acids is 1. The molecular weight excluding hydrogens is 376 g/mol. The van der Waals surface area contributed by atoms with Crippen LogP contribution in [-0.4, -0.2) is 39.0 Å². The van der Waals surface area contributed by atoms with Crippen molar-refractivity contribution in [2.45, 2.75) is 39.1 Å². The number of ketones is 1. The number of hydrogen-bond donors (Lipinski definition) is 1. The van der Waals surface area contributed by atoms with Gasteiger partial charge in [0.05, 0.1) is 11.7 Å². The summed E-state index contributed by atoms with van der Waals surface area (Å²) in [4.78, 5) is 23.3. The van der Waals surface area contributed by atoms with E-state index in [1.165, 1.54) is 23.9 Å². The Morgan fingerprint density at radius 2 is 1.85 bits per heavy atom. The van der Waals surface area contributed by atoms with E-state index < -0.39 is 12.6 Å². The Balaban J connectivity index is 2.20. The summed E-state index contributed by atoms with van der Waals surface area (Å²) in [5.41, 5.74) is 2.87. The second-order valence-electron chi connectivity index (χ2n) is 6.01. The van der Waals surface area contributed by atoms with Gasteiger partial charge in [-0.15, -0.1) is 11.8 Å². The van der Waals surface area contributed by atoms with Gasteiger partial charge >= 0.3 is 12.6 Å². The maximum atomic E-state index is 12.7. The standard InChI is InChI=1S/C19H21F2NO4S/c1-11-10-16(18(25)13(3)27-9-8-17(23)24)12(2)22(11)14-4-6-15(7-5-14)26-19(20)21/h4-7,10,13,19H,8-9H2,1-3H3,(H,23,24). The normalized spacial score (nSPS) is 12.2. The number of alkyl halides is 2. The summed E-state index contributed by atoms with van der Waals surface area (Å²) in [5, 5.41) is 8.35. The van der Waals surface area contributed by atoms with Gasteiger partial charge in [-0.2, -0.15) is 8.78 Å². The van der Waals surface area contributed by atoms with Crippen LogP contribution in [0.25, 0.3) is 5.69 Å². The Morgan fingerprint density at radius 3 is 2.41 bits per heavy atom. The Hall–Kier alpha value is -2.35. The molecule has 27 heavy (non-hydrogen) atoms. The first-order valence-electron chi connectivity index (χ1n) is 8.32. The van der Waals surface area contributed by atoms with Gasteiger partial charge in [0.2, 0.25) is 0 Å². The lowest BCUT2D eigenvalue weighted by Crippen LogP contribution is -2.15. The van der Waals surface area contributed by atoms with Crippen molar-refractivity contribution in [3.8, 4) is 11.4 Å². The van der Waals surface area contributed by atoms with E-state index in [1.807, 2.05) is 18.4 Å². The van der Waals surface area contributed by atoms with E-state index in [9.17, 15) is 18.4 Å². The molecule has 0 saturated carbocycles. The van der Waals surface area contributed by atoms with Crippen molar-refractivity contribution in [3.63, 3.8) is 0 Å². The summed E-state index contributed by atoms with van der Waals surface area (Å²) in [6.45, 7) is 2.56. The number of carbonyl (C=O) groups excluding carboxylic acids is 1. The van der Waals surface area contributed by atoms with Crippen molar-refractivity contribution in [3.05, 3.63) is 47.3 Å². The van der Waals surface area contributed by atoms with Crippen molar-refractivity contribution < 1.29 is 28.2 Å². The maximum Gasteiger partial charge on any atom is 0.387 e. The molecule has 0 saturated heterocycles. The molecule has 0 spiro atoms. The first-order valence-corrected chi connectivity index (χ1v) is 9.37. The Morgan fingerprint density at radius 1 is 1.22 bits per heavy atom. The Kier molecular flexibility index (Phi) is 7.01. The SMILES string of the molecule is Cc1cc(C(=O)C(C)SCCC(=O)O)c(C)n1-c1ccc(OC(F)F)cc1. The van der Waals surface area contributed by atoms with Crippen LogP contribution in [0, 0.1) is 13.8 Å². The lowest BCUT2D eigenvalue weighted by Gasteiger charge is -2.12. The highest BCUT2D eigenvalue weighted by atomic mass is 32.2. The van der Waals surface area contributed by atoms with E-state index in [4.69, 9.17) is 5.11 Å². The number of nitrogens with zero attached hydrogens (tertiary/aromatic N) is 1. The van der Waals surface area contributed by atoms with Crippen molar-refractivity contribution in [2.75, 3.05) is 5.75 Å². The van der Waals surface area contributed by atoms with E-state index in [1.54, 1.807) is 25.1 Å². The summed E-state index contributed by atoms with van der Waals surface area (Å²) < 4.78 is 30.8. The van der Waals surface area contributed by atoms with E-state index in [0.717, 1.165) is 17.1 Å². The number of carbonyl (C=O) groups is 2. The molecule has 0 aliphatic carbocycles. The van der Waals surface area contributed by atoms with Crippen LogP contribution in [0.5, 0.6) is 5.75 Å². The van der Waals surface area contributed by atoms with Crippen LogP contribution in [0.1, 0.15) is 35.1 Å². The molecule has 1 atom stereocenters. The maximum absolute atomic E-state index is 12.7. The quantitative estimate of drug-likeness (QED) is 0.632. The van der Waals surface area contributed by atoms with Gasteiger partial charge in [0.1, 0.15) is 5.75 Å². The second-order valence-corrected chi connectivity index (χ2v) is 7.46. The number of aliphatic carboxylic acids is 1. The van der Waals surface area contributed by atoms with Gasteiger partial charge in [-0.25, -0.2) is 0 Å². The molecule has 0 bridgehead atoms. The van der Waals surface area contributed by atoms with Crippen molar-refractivity contribution in [2.24, 2.45) is 0 Å². The fraction of sp³-hybridized carbons (Fsp3) is 0.368. The summed E-state index contributed by atoms with van der Waals surface area (Å²) in [7, 11) is 0. The minimum atomic E-state index is -2.88. The third kappa shape index (κ3) is 5.32. The fourth-order valence-corrected chi connectivity index (χ4v) is 3.73. The molecule has 0 aliphatic rings. The molecule has 0 radical (unpaired) electrons. The van der Waals surface area contributed by atoms with Crippen molar-refractivity contribution >= 4 is 23.5 Å². The molecule has 1 heterocycles. The zero-order valence-electron chi connectivity index (χ0n) is 15.2. The number of thioether (sulfide) groups is 1. The summed E-state index contributed by atoms with van der Waals surface area (Å²) in [6.07, 6.45) is 0.00828. The minimum Gasteiger partial charge on any atom is -0.481 e. The number of halogens is 2. The molecular formula is C19H21F2NO4S.